The summed E-state index contributed by atoms with van der Waals surface area (Å²) in [7, 11) is 0. The molecule has 3 nitrogen and oxygen atoms in total. The Morgan fingerprint density at radius 2 is 2.26 bits per heavy atom. The first kappa shape index (κ1) is 14.1. The van der Waals surface area contributed by atoms with Gasteiger partial charge in [-0.05, 0) is 30.4 Å². The van der Waals surface area contributed by atoms with Gasteiger partial charge >= 0.3 is 0 Å². The summed E-state index contributed by atoms with van der Waals surface area (Å²) in [6, 6.07) is 7.71. The molecule has 2 rings (SSSR count). The summed E-state index contributed by atoms with van der Waals surface area (Å²) >= 11 is 0. The number of hydrogen-bond acceptors (Lipinski definition) is 3. The Balaban J connectivity index is 1.98. The van der Waals surface area contributed by atoms with E-state index in [1.54, 1.807) is 0 Å². The molecule has 19 heavy (non-hydrogen) atoms. The molecule has 0 bridgehead atoms. The average molecular weight is 261 g/mol. The van der Waals surface area contributed by atoms with Gasteiger partial charge in [-0.15, -0.1) is 0 Å². The highest BCUT2D eigenvalue weighted by Gasteiger charge is 2.25. The van der Waals surface area contributed by atoms with Crippen molar-refractivity contribution in [1.82, 2.24) is 0 Å². The summed E-state index contributed by atoms with van der Waals surface area (Å²) in [5, 5.41) is 0. The number of carbonyl (C=O) groups is 1. The van der Waals surface area contributed by atoms with Crippen LogP contribution in [0.4, 0.5) is 0 Å². The molecule has 0 aliphatic carbocycles. The fourth-order valence-corrected chi connectivity index (χ4v) is 2.61. The van der Waals surface area contributed by atoms with E-state index in [-0.39, 0.29) is 17.7 Å². The lowest BCUT2D eigenvalue weighted by molar-refractivity contribution is -0.121. The van der Waals surface area contributed by atoms with Gasteiger partial charge in [-0.25, -0.2) is 0 Å². The molecule has 2 N–H and O–H groups in total. The molecule has 1 aromatic carbocycles. The van der Waals surface area contributed by atoms with Crippen LogP contribution in [0.15, 0.2) is 24.3 Å². The summed E-state index contributed by atoms with van der Waals surface area (Å²) in [4.78, 5) is 12.2. The van der Waals surface area contributed by atoms with Crippen LogP contribution in [-0.2, 0) is 4.79 Å². The van der Waals surface area contributed by atoms with Gasteiger partial charge < -0.3 is 10.5 Å². The molecular formula is C16H23NO2. The van der Waals surface area contributed by atoms with Gasteiger partial charge in [0.15, 0.2) is 0 Å². The first-order valence-corrected chi connectivity index (χ1v) is 7.22. The maximum absolute atomic E-state index is 12.2. The molecule has 0 radical (unpaired) electrons. The molecule has 1 aromatic rings. The van der Waals surface area contributed by atoms with E-state index in [0.717, 1.165) is 37.0 Å². The zero-order valence-corrected chi connectivity index (χ0v) is 11.6. The summed E-state index contributed by atoms with van der Waals surface area (Å²) in [5.74, 6) is 1.38. The molecular weight excluding hydrogens is 238 g/mol. The minimum absolute atomic E-state index is 0.190. The quantitative estimate of drug-likeness (QED) is 0.856. The maximum Gasteiger partial charge on any atom is 0.150 e. The molecule has 104 valence electrons. The second-order valence-electron chi connectivity index (χ2n) is 5.29. The van der Waals surface area contributed by atoms with Crippen molar-refractivity contribution in [3.05, 3.63) is 29.8 Å². The van der Waals surface area contributed by atoms with Crippen LogP contribution in [0.2, 0.25) is 0 Å². The van der Waals surface area contributed by atoms with Crippen molar-refractivity contribution in [2.24, 2.45) is 5.73 Å². The standard InChI is InChI=1S/C16H23NO2/c1-2-3-7-14(17)15(18)11-12-9-10-19-16-8-5-4-6-13(12)16/h4-6,8,12,14H,2-3,7,9-11,17H2,1H3. The van der Waals surface area contributed by atoms with Crippen LogP contribution >= 0.6 is 0 Å². The van der Waals surface area contributed by atoms with E-state index in [0.29, 0.717) is 13.0 Å². The van der Waals surface area contributed by atoms with Crippen molar-refractivity contribution in [3.8, 4) is 5.75 Å². The molecule has 0 spiro atoms. The van der Waals surface area contributed by atoms with Crippen molar-refractivity contribution in [2.75, 3.05) is 6.61 Å². The first-order valence-electron chi connectivity index (χ1n) is 7.22. The zero-order chi connectivity index (χ0) is 13.7. The van der Waals surface area contributed by atoms with Gasteiger partial charge in [-0.1, -0.05) is 38.0 Å². The summed E-state index contributed by atoms with van der Waals surface area (Å²) < 4.78 is 5.62. The molecule has 0 amide bonds. The number of Topliss-reactive ketones (excluding diaryl/α,β-unsaturated/α-hetero) is 1. The number of hydrogen-bond donors (Lipinski definition) is 1. The number of para-hydroxylation sites is 1. The molecule has 0 saturated heterocycles. The molecule has 2 atom stereocenters. The average Bonchev–Trinajstić information content (AvgIpc) is 2.45. The lowest BCUT2D eigenvalue weighted by Crippen LogP contribution is -2.32. The van der Waals surface area contributed by atoms with Gasteiger partial charge in [0, 0.05) is 6.42 Å². The number of ether oxygens (including phenoxy) is 1. The fourth-order valence-electron chi connectivity index (χ4n) is 2.61. The predicted molar refractivity (Wildman–Crippen MR) is 76.4 cm³/mol. The van der Waals surface area contributed by atoms with Crippen LogP contribution in [0, 0.1) is 0 Å². The second-order valence-corrected chi connectivity index (χ2v) is 5.29. The van der Waals surface area contributed by atoms with Crippen molar-refractivity contribution < 1.29 is 9.53 Å². The van der Waals surface area contributed by atoms with E-state index in [4.69, 9.17) is 10.5 Å². The third-order valence-electron chi connectivity index (χ3n) is 3.81. The normalized spacial score (nSPS) is 19.4. The maximum atomic E-state index is 12.2. The van der Waals surface area contributed by atoms with Crippen LogP contribution in [0.25, 0.3) is 0 Å². The molecule has 1 aliphatic heterocycles. The second kappa shape index (κ2) is 6.71. The van der Waals surface area contributed by atoms with E-state index in [2.05, 4.69) is 13.0 Å². The van der Waals surface area contributed by atoms with E-state index >= 15 is 0 Å². The van der Waals surface area contributed by atoms with Gasteiger partial charge in [-0.2, -0.15) is 0 Å². The Bertz CT molecular complexity index is 431. The van der Waals surface area contributed by atoms with E-state index in [9.17, 15) is 4.79 Å². The van der Waals surface area contributed by atoms with Crippen LogP contribution in [0.1, 0.15) is 50.5 Å². The highest BCUT2D eigenvalue weighted by molar-refractivity contribution is 5.84. The minimum atomic E-state index is -0.296. The number of nitrogens with two attached hydrogens (primary N) is 1. The highest BCUT2D eigenvalue weighted by atomic mass is 16.5. The van der Waals surface area contributed by atoms with Gasteiger partial charge in [-0.3, -0.25) is 4.79 Å². The van der Waals surface area contributed by atoms with E-state index in [1.807, 2.05) is 18.2 Å². The van der Waals surface area contributed by atoms with Crippen molar-refractivity contribution in [3.63, 3.8) is 0 Å². The van der Waals surface area contributed by atoms with Crippen molar-refractivity contribution >= 4 is 5.78 Å². The summed E-state index contributed by atoms with van der Waals surface area (Å²) in [6.45, 7) is 2.81. The van der Waals surface area contributed by atoms with Gasteiger partial charge in [0.2, 0.25) is 0 Å². The van der Waals surface area contributed by atoms with Gasteiger partial charge in [0.25, 0.3) is 0 Å². The molecule has 0 fully saturated rings. The monoisotopic (exact) mass is 261 g/mol. The molecule has 0 aromatic heterocycles. The Morgan fingerprint density at radius 1 is 1.47 bits per heavy atom. The number of ketones is 1. The first-order chi connectivity index (χ1) is 9.22. The fraction of sp³-hybridized carbons (Fsp3) is 0.562. The van der Waals surface area contributed by atoms with E-state index < -0.39 is 0 Å². The Labute approximate surface area is 115 Å². The molecule has 0 saturated carbocycles. The number of carbonyl (C=O) groups excluding carboxylic acids is 1. The van der Waals surface area contributed by atoms with Crippen molar-refractivity contribution in [2.45, 2.75) is 51.0 Å². The third kappa shape index (κ3) is 3.57. The molecule has 3 heteroatoms. The van der Waals surface area contributed by atoms with Crippen LogP contribution in [-0.4, -0.2) is 18.4 Å². The molecule has 1 heterocycles. The summed E-state index contributed by atoms with van der Waals surface area (Å²) in [5.41, 5.74) is 7.12. The van der Waals surface area contributed by atoms with Gasteiger partial charge in [0.1, 0.15) is 11.5 Å². The minimum Gasteiger partial charge on any atom is -0.493 e. The molecule has 2 unspecified atom stereocenters. The molecule has 1 aliphatic rings. The Hall–Kier alpha value is -1.35. The largest absolute Gasteiger partial charge is 0.493 e. The zero-order valence-electron chi connectivity index (χ0n) is 11.6. The highest BCUT2D eigenvalue weighted by Crippen LogP contribution is 2.35. The SMILES string of the molecule is CCCCC(N)C(=O)CC1CCOc2ccccc21. The predicted octanol–water partition coefficient (Wildman–Crippen LogP) is 3.03. The number of rotatable bonds is 6. The van der Waals surface area contributed by atoms with Gasteiger partial charge in [0.05, 0.1) is 12.6 Å². The van der Waals surface area contributed by atoms with Crippen LogP contribution < -0.4 is 10.5 Å². The lowest BCUT2D eigenvalue weighted by Gasteiger charge is -2.26. The van der Waals surface area contributed by atoms with Crippen LogP contribution in [0.3, 0.4) is 0 Å². The Morgan fingerprint density at radius 3 is 3.05 bits per heavy atom. The third-order valence-corrected chi connectivity index (χ3v) is 3.81. The van der Waals surface area contributed by atoms with Crippen molar-refractivity contribution in [1.29, 1.82) is 0 Å². The lowest BCUT2D eigenvalue weighted by atomic mass is 9.87. The Kier molecular flexibility index (Phi) is 4.97. The summed E-state index contributed by atoms with van der Waals surface area (Å²) in [6.07, 6.45) is 4.37. The number of fused-ring (bicyclic) bond motifs is 1. The van der Waals surface area contributed by atoms with Crippen LogP contribution in [0.5, 0.6) is 5.75 Å². The number of unbranched alkanes of at least 4 members (excludes halogenated alkanes) is 1. The number of benzene rings is 1. The topological polar surface area (TPSA) is 52.3 Å². The smallest absolute Gasteiger partial charge is 0.150 e. The van der Waals surface area contributed by atoms with E-state index in [1.165, 1.54) is 0 Å².